The topological polar surface area (TPSA) is 77.5 Å². The highest BCUT2D eigenvalue weighted by molar-refractivity contribution is 6.10. The van der Waals surface area contributed by atoms with Crippen molar-refractivity contribution in [2.45, 2.75) is 13.3 Å². The molecule has 0 aliphatic carbocycles. The summed E-state index contributed by atoms with van der Waals surface area (Å²) < 4.78 is 10.4. The number of amides is 1. The largest absolute Gasteiger partial charge is 0.496 e. The molecule has 0 fully saturated rings. The number of carbonyl (C=O) groups excluding carboxylic acids is 2. The van der Waals surface area contributed by atoms with Crippen molar-refractivity contribution in [2.75, 3.05) is 19.0 Å². The molecule has 6 heteroatoms. The van der Waals surface area contributed by atoms with Crippen LogP contribution in [0.3, 0.4) is 0 Å². The summed E-state index contributed by atoms with van der Waals surface area (Å²) in [6, 6.07) is 14.5. The van der Waals surface area contributed by atoms with E-state index in [9.17, 15) is 9.59 Å². The average molecular weight is 364 g/mol. The van der Waals surface area contributed by atoms with Crippen molar-refractivity contribution in [1.29, 1.82) is 0 Å². The van der Waals surface area contributed by atoms with Crippen molar-refractivity contribution < 1.29 is 19.1 Å². The van der Waals surface area contributed by atoms with Gasteiger partial charge >= 0.3 is 5.97 Å². The molecule has 0 spiro atoms. The minimum Gasteiger partial charge on any atom is -0.496 e. The van der Waals surface area contributed by atoms with E-state index in [4.69, 9.17) is 9.47 Å². The SMILES string of the molecule is CCOC(=O)Cc1cccc(OC)c1C(=O)Nc1cccc2cccnc12. The fourth-order valence-electron chi connectivity index (χ4n) is 2.91. The Labute approximate surface area is 157 Å². The number of hydrogen-bond donors (Lipinski definition) is 1. The third-order valence-electron chi connectivity index (χ3n) is 4.08. The molecule has 0 atom stereocenters. The summed E-state index contributed by atoms with van der Waals surface area (Å²) in [5.74, 6) is -0.376. The normalized spacial score (nSPS) is 10.4. The van der Waals surface area contributed by atoms with Gasteiger partial charge < -0.3 is 14.8 Å². The van der Waals surface area contributed by atoms with E-state index in [1.807, 2.05) is 24.3 Å². The van der Waals surface area contributed by atoms with Gasteiger partial charge in [0.1, 0.15) is 5.75 Å². The number of anilines is 1. The van der Waals surface area contributed by atoms with Crippen molar-refractivity contribution in [3.8, 4) is 5.75 Å². The lowest BCUT2D eigenvalue weighted by Gasteiger charge is -2.14. The zero-order valence-electron chi connectivity index (χ0n) is 15.2. The number of methoxy groups -OCH3 is 1. The van der Waals surface area contributed by atoms with Gasteiger partial charge in [0.15, 0.2) is 0 Å². The summed E-state index contributed by atoms with van der Waals surface area (Å²) in [5, 5.41) is 3.81. The summed E-state index contributed by atoms with van der Waals surface area (Å²) >= 11 is 0. The minimum atomic E-state index is -0.397. The summed E-state index contributed by atoms with van der Waals surface area (Å²) in [6.07, 6.45) is 1.66. The summed E-state index contributed by atoms with van der Waals surface area (Å²) in [4.78, 5) is 29.3. The maximum Gasteiger partial charge on any atom is 0.310 e. The zero-order valence-corrected chi connectivity index (χ0v) is 15.2. The van der Waals surface area contributed by atoms with Crippen LogP contribution in [-0.2, 0) is 16.0 Å². The van der Waals surface area contributed by atoms with Crippen LogP contribution in [0.25, 0.3) is 10.9 Å². The Morgan fingerprint density at radius 1 is 1.07 bits per heavy atom. The highest BCUT2D eigenvalue weighted by atomic mass is 16.5. The Balaban J connectivity index is 1.97. The number of ether oxygens (including phenoxy) is 2. The van der Waals surface area contributed by atoms with Crippen molar-refractivity contribution >= 4 is 28.5 Å². The number of carbonyl (C=O) groups is 2. The predicted octanol–water partition coefficient (Wildman–Crippen LogP) is 3.60. The first-order chi connectivity index (χ1) is 13.1. The molecule has 2 aromatic carbocycles. The van der Waals surface area contributed by atoms with Crippen LogP contribution in [0.1, 0.15) is 22.8 Å². The minimum absolute atomic E-state index is 0.0123. The Bertz CT molecular complexity index is 980. The maximum atomic E-state index is 13.0. The van der Waals surface area contributed by atoms with Gasteiger partial charge in [0, 0.05) is 11.6 Å². The van der Waals surface area contributed by atoms with E-state index in [1.54, 1.807) is 37.4 Å². The van der Waals surface area contributed by atoms with E-state index in [2.05, 4.69) is 10.3 Å². The number of nitrogens with zero attached hydrogens (tertiary/aromatic N) is 1. The molecule has 0 aliphatic heterocycles. The number of rotatable bonds is 6. The van der Waals surface area contributed by atoms with E-state index in [1.165, 1.54) is 7.11 Å². The molecule has 0 saturated carbocycles. The van der Waals surface area contributed by atoms with E-state index in [-0.39, 0.29) is 18.9 Å². The number of hydrogen-bond acceptors (Lipinski definition) is 5. The number of aromatic nitrogens is 1. The lowest BCUT2D eigenvalue weighted by molar-refractivity contribution is -0.142. The lowest BCUT2D eigenvalue weighted by Crippen LogP contribution is -2.18. The van der Waals surface area contributed by atoms with Gasteiger partial charge in [-0.1, -0.05) is 30.3 Å². The maximum absolute atomic E-state index is 13.0. The molecule has 1 aromatic heterocycles. The monoisotopic (exact) mass is 364 g/mol. The Hall–Kier alpha value is -3.41. The molecule has 1 amide bonds. The third kappa shape index (κ3) is 4.06. The molecule has 0 bridgehead atoms. The van der Waals surface area contributed by atoms with Crippen molar-refractivity contribution in [2.24, 2.45) is 0 Å². The number of benzene rings is 2. The van der Waals surface area contributed by atoms with Crippen LogP contribution in [-0.4, -0.2) is 30.6 Å². The molecule has 0 radical (unpaired) electrons. The average Bonchev–Trinajstić information content (AvgIpc) is 2.68. The molecule has 0 unspecified atom stereocenters. The second kappa shape index (κ2) is 8.31. The van der Waals surface area contributed by atoms with Crippen LogP contribution in [0, 0.1) is 0 Å². The van der Waals surface area contributed by atoms with Crippen LogP contribution in [0.5, 0.6) is 5.75 Å². The van der Waals surface area contributed by atoms with E-state index in [0.29, 0.717) is 28.1 Å². The first kappa shape index (κ1) is 18.4. The van der Waals surface area contributed by atoms with E-state index >= 15 is 0 Å². The van der Waals surface area contributed by atoms with Gasteiger partial charge in [0.05, 0.1) is 36.9 Å². The third-order valence-corrected chi connectivity index (χ3v) is 4.08. The van der Waals surface area contributed by atoms with Crippen molar-refractivity contribution in [1.82, 2.24) is 4.98 Å². The summed E-state index contributed by atoms with van der Waals surface area (Å²) in [7, 11) is 1.49. The molecule has 0 aliphatic rings. The smallest absolute Gasteiger partial charge is 0.310 e. The fraction of sp³-hybridized carbons (Fsp3) is 0.190. The Morgan fingerprint density at radius 2 is 1.85 bits per heavy atom. The van der Waals surface area contributed by atoms with Crippen molar-refractivity contribution in [3.05, 3.63) is 65.9 Å². The van der Waals surface area contributed by atoms with Gasteiger partial charge in [0.2, 0.25) is 0 Å². The van der Waals surface area contributed by atoms with Gasteiger partial charge in [-0.2, -0.15) is 0 Å². The van der Waals surface area contributed by atoms with Crippen LogP contribution >= 0.6 is 0 Å². The highest BCUT2D eigenvalue weighted by Gasteiger charge is 2.20. The predicted molar refractivity (Wildman–Crippen MR) is 103 cm³/mol. The molecule has 0 saturated heterocycles. The van der Waals surface area contributed by atoms with E-state index in [0.717, 1.165) is 5.39 Å². The molecule has 6 nitrogen and oxygen atoms in total. The fourth-order valence-corrected chi connectivity index (χ4v) is 2.91. The molecule has 138 valence electrons. The molecular weight excluding hydrogens is 344 g/mol. The van der Waals surface area contributed by atoms with Gasteiger partial charge in [-0.3, -0.25) is 14.6 Å². The van der Waals surface area contributed by atoms with Gasteiger partial charge in [-0.25, -0.2) is 0 Å². The van der Waals surface area contributed by atoms with Crippen LogP contribution in [0.2, 0.25) is 0 Å². The van der Waals surface area contributed by atoms with Gasteiger partial charge in [0.25, 0.3) is 5.91 Å². The standard InChI is InChI=1S/C21H20N2O4/c1-3-27-18(24)13-15-8-5-11-17(26-2)19(15)21(25)23-16-10-4-7-14-9-6-12-22-20(14)16/h4-12H,3,13H2,1-2H3,(H,23,25). The summed E-state index contributed by atoms with van der Waals surface area (Å²) in [5.41, 5.74) is 2.13. The number of pyridine rings is 1. The quantitative estimate of drug-likeness (QED) is 0.676. The van der Waals surface area contributed by atoms with Crippen LogP contribution in [0.15, 0.2) is 54.7 Å². The van der Waals surface area contributed by atoms with Crippen LogP contribution in [0.4, 0.5) is 5.69 Å². The second-order valence-electron chi connectivity index (χ2n) is 5.81. The lowest BCUT2D eigenvalue weighted by atomic mass is 10.0. The Kier molecular flexibility index (Phi) is 5.66. The first-order valence-electron chi connectivity index (χ1n) is 8.60. The van der Waals surface area contributed by atoms with Gasteiger partial charge in [-0.05, 0) is 30.7 Å². The number of fused-ring (bicyclic) bond motifs is 1. The molecule has 1 N–H and O–H groups in total. The van der Waals surface area contributed by atoms with Crippen LogP contribution < -0.4 is 10.1 Å². The Morgan fingerprint density at radius 3 is 2.63 bits per heavy atom. The molecule has 3 aromatic rings. The zero-order chi connectivity index (χ0) is 19.2. The molecule has 1 heterocycles. The number of esters is 1. The first-order valence-corrected chi connectivity index (χ1v) is 8.60. The van der Waals surface area contributed by atoms with Gasteiger partial charge in [-0.15, -0.1) is 0 Å². The molecule has 27 heavy (non-hydrogen) atoms. The molecule has 3 rings (SSSR count). The van der Waals surface area contributed by atoms with Crippen molar-refractivity contribution in [3.63, 3.8) is 0 Å². The summed E-state index contributed by atoms with van der Waals surface area (Å²) in [6.45, 7) is 2.02. The number of para-hydroxylation sites is 1. The molecular formula is C21H20N2O4. The second-order valence-corrected chi connectivity index (χ2v) is 5.81. The number of nitrogens with one attached hydrogen (secondary N) is 1. The highest BCUT2D eigenvalue weighted by Crippen LogP contribution is 2.26. The van der Waals surface area contributed by atoms with E-state index < -0.39 is 5.97 Å².